The molecule has 1 aliphatic heterocycles. The van der Waals surface area contributed by atoms with Crippen molar-refractivity contribution in [1.82, 2.24) is 4.57 Å². The van der Waals surface area contributed by atoms with Crippen LogP contribution in [0.3, 0.4) is 0 Å². The lowest BCUT2D eigenvalue weighted by molar-refractivity contribution is 0.747. The Bertz CT molecular complexity index is 3330. The van der Waals surface area contributed by atoms with Gasteiger partial charge in [0.15, 0.2) is 0 Å². The molecule has 2 heterocycles. The maximum absolute atomic E-state index is 2.52. The molecule has 3 nitrogen and oxygen atoms in total. The number of hydrogen-bond donors (Lipinski definition) is 0. The van der Waals surface area contributed by atoms with Gasteiger partial charge in [0.2, 0.25) is 0 Å². The zero-order valence-corrected chi connectivity index (χ0v) is 34.7. The van der Waals surface area contributed by atoms with Crippen molar-refractivity contribution in [2.24, 2.45) is 0 Å². The van der Waals surface area contributed by atoms with E-state index in [1.165, 1.54) is 77.8 Å². The molecular formula is C60H43N3. The van der Waals surface area contributed by atoms with Gasteiger partial charge < -0.3 is 14.4 Å². The zero-order valence-electron chi connectivity index (χ0n) is 34.7. The molecule has 0 radical (unpaired) electrons. The van der Waals surface area contributed by atoms with E-state index in [0.717, 1.165) is 17.1 Å². The summed E-state index contributed by atoms with van der Waals surface area (Å²) < 4.78 is 2.37. The van der Waals surface area contributed by atoms with Gasteiger partial charge in [0.1, 0.15) is 0 Å². The normalized spacial score (nSPS) is 15.3. The molecule has 2 unspecified atom stereocenters. The van der Waals surface area contributed by atoms with E-state index in [9.17, 15) is 0 Å². The summed E-state index contributed by atoms with van der Waals surface area (Å²) in [6.45, 7) is 0. The third-order valence-electron chi connectivity index (χ3n) is 12.9. The van der Waals surface area contributed by atoms with Crippen molar-refractivity contribution in [3.63, 3.8) is 0 Å². The predicted octanol–water partition coefficient (Wildman–Crippen LogP) is 15.8. The lowest BCUT2D eigenvalue weighted by Gasteiger charge is -2.31. The molecule has 298 valence electrons. The van der Waals surface area contributed by atoms with E-state index in [-0.39, 0.29) is 12.0 Å². The first-order valence-corrected chi connectivity index (χ1v) is 21.8. The van der Waals surface area contributed by atoms with Crippen LogP contribution in [0.15, 0.2) is 249 Å². The quantitative estimate of drug-likeness (QED) is 0.152. The third-order valence-corrected chi connectivity index (χ3v) is 12.9. The van der Waals surface area contributed by atoms with Crippen molar-refractivity contribution < 1.29 is 0 Å². The number of benzene rings is 9. The summed E-state index contributed by atoms with van der Waals surface area (Å²) in [6, 6.07) is 83.7. The first-order valence-electron chi connectivity index (χ1n) is 21.8. The number of anilines is 5. The summed E-state index contributed by atoms with van der Waals surface area (Å²) in [5.74, 6) is 0.229. The molecule has 2 aliphatic rings. The van der Waals surface area contributed by atoms with Crippen LogP contribution in [0.2, 0.25) is 0 Å². The first-order chi connectivity index (χ1) is 31.3. The maximum Gasteiger partial charge on any atom is 0.0630 e. The van der Waals surface area contributed by atoms with E-state index in [1.54, 1.807) is 0 Å². The van der Waals surface area contributed by atoms with Crippen LogP contribution < -0.4 is 9.80 Å². The monoisotopic (exact) mass is 805 g/mol. The zero-order chi connectivity index (χ0) is 41.7. The van der Waals surface area contributed by atoms with E-state index < -0.39 is 0 Å². The smallest absolute Gasteiger partial charge is 0.0630 e. The fourth-order valence-electron chi connectivity index (χ4n) is 10.0. The molecule has 0 spiro atoms. The Kier molecular flexibility index (Phi) is 8.97. The number of hydrogen-bond acceptors (Lipinski definition) is 2. The second kappa shape index (κ2) is 15.4. The molecule has 0 amide bonds. The van der Waals surface area contributed by atoms with Gasteiger partial charge in [-0.15, -0.1) is 0 Å². The van der Waals surface area contributed by atoms with Crippen LogP contribution in [0.5, 0.6) is 0 Å². The van der Waals surface area contributed by atoms with Gasteiger partial charge in [-0.2, -0.15) is 0 Å². The van der Waals surface area contributed by atoms with Crippen molar-refractivity contribution in [3.8, 4) is 27.9 Å². The molecule has 2 atom stereocenters. The van der Waals surface area contributed by atoms with E-state index in [0.29, 0.717) is 0 Å². The maximum atomic E-state index is 2.52. The van der Waals surface area contributed by atoms with Gasteiger partial charge in [-0.3, -0.25) is 0 Å². The standard InChI is InChI=1S/C60H43N3/c1-4-16-43(17-5-1)51-22-10-11-23-52(51)45-31-39-60-56(41-45)54-25-13-15-27-58(54)63(60)50-36-34-49(35-37-50)61(46-18-6-2-7-19-46)48-32-28-42(29-33-48)44-30-38-59-55(40-44)53-24-12-14-26-57(53)62(59)47-20-8-3-9-21-47/h1-41,56,60H. The third kappa shape index (κ3) is 6.36. The lowest BCUT2D eigenvalue weighted by Crippen LogP contribution is -2.29. The van der Waals surface area contributed by atoms with Gasteiger partial charge >= 0.3 is 0 Å². The van der Waals surface area contributed by atoms with Crippen LogP contribution in [-0.4, -0.2) is 10.6 Å². The summed E-state index contributed by atoms with van der Waals surface area (Å²) in [6.07, 6.45) is 7.23. The van der Waals surface area contributed by atoms with Gasteiger partial charge in [0.25, 0.3) is 0 Å². The number of para-hydroxylation sites is 4. The number of nitrogens with zero attached hydrogens (tertiary/aromatic N) is 3. The SMILES string of the molecule is C1=CC2C(C=C1c1ccccc1-c1ccccc1)c1ccccc1N2c1ccc(N(c2ccccc2)c2ccc(-c3ccc4c(c3)c3ccccc3n4-c3ccccc3)cc2)cc1. The van der Waals surface area contributed by atoms with Gasteiger partial charge in [-0.1, -0.05) is 164 Å². The summed E-state index contributed by atoms with van der Waals surface area (Å²) in [5, 5.41) is 2.51. The summed E-state index contributed by atoms with van der Waals surface area (Å²) in [4.78, 5) is 4.87. The van der Waals surface area contributed by atoms with Crippen molar-refractivity contribution in [2.75, 3.05) is 9.80 Å². The van der Waals surface area contributed by atoms with E-state index in [4.69, 9.17) is 0 Å². The molecule has 0 fully saturated rings. The van der Waals surface area contributed by atoms with E-state index in [1.807, 2.05) is 0 Å². The summed E-state index contributed by atoms with van der Waals surface area (Å²) in [5.41, 5.74) is 18.1. The number of allylic oxidation sites excluding steroid dienone is 2. The van der Waals surface area contributed by atoms with Crippen LogP contribution in [0.1, 0.15) is 17.0 Å². The Hall–Kier alpha value is -8.14. The molecule has 9 aromatic carbocycles. The van der Waals surface area contributed by atoms with Crippen molar-refractivity contribution in [2.45, 2.75) is 12.0 Å². The molecule has 0 saturated carbocycles. The average Bonchev–Trinajstić information content (AvgIpc) is 3.88. The van der Waals surface area contributed by atoms with E-state index >= 15 is 0 Å². The molecule has 0 saturated heterocycles. The highest BCUT2D eigenvalue weighted by Gasteiger charge is 2.38. The topological polar surface area (TPSA) is 11.4 Å². The molecule has 3 heteroatoms. The summed E-state index contributed by atoms with van der Waals surface area (Å²) in [7, 11) is 0. The lowest BCUT2D eigenvalue weighted by atomic mass is 9.84. The van der Waals surface area contributed by atoms with Crippen LogP contribution >= 0.6 is 0 Å². The molecule has 10 aromatic rings. The predicted molar refractivity (Wildman–Crippen MR) is 265 cm³/mol. The largest absolute Gasteiger partial charge is 0.333 e. The second-order valence-corrected chi connectivity index (χ2v) is 16.5. The highest BCUT2D eigenvalue weighted by Crippen LogP contribution is 2.50. The van der Waals surface area contributed by atoms with Gasteiger partial charge in [-0.25, -0.2) is 0 Å². The molecule has 1 aliphatic carbocycles. The van der Waals surface area contributed by atoms with Crippen LogP contribution in [-0.2, 0) is 0 Å². The number of aromatic nitrogens is 1. The fourth-order valence-corrected chi connectivity index (χ4v) is 10.0. The van der Waals surface area contributed by atoms with Crippen molar-refractivity contribution in [3.05, 3.63) is 260 Å². The minimum atomic E-state index is 0.174. The molecule has 0 N–H and O–H groups in total. The molecule has 12 rings (SSSR count). The van der Waals surface area contributed by atoms with Crippen molar-refractivity contribution in [1.29, 1.82) is 0 Å². The fraction of sp³-hybridized carbons (Fsp3) is 0.0333. The number of rotatable bonds is 8. The van der Waals surface area contributed by atoms with Gasteiger partial charge in [-0.05, 0) is 124 Å². The molecule has 1 aromatic heterocycles. The highest BCUT2D eigenvalue weighted by molar-refractivity contribution is 6.10. The molecule has 63 heavy (non-hydrogen) atoms. The van der Waals surface area contributed by atoms with Crippen LogP contribution in [0, 0.1) is 0 Å². The number of fused-ring (bicyclic) bond motifs is 6. The Balaban J connectivity index is 0.866. The first kappa shape index (κ1) is 36.7. The minimum Gasteiger partial charge on any atom is -0.333 e. The van der Waals surface area contributed by atoms with E-state index in [2.05, 4.69) is 263 Å². The van der Waals surface area contributed by atoms with Crippen molar-refractivity contribution >= 4 is 55.8 Å². The molecule has 0 bridgehead atoms. The Labute approximate surface area is 368 Å². The minimum absolute atomic E-state index is 0.174. The van der Waals surface area contributed by atoms with Crippen LogP contribution in [0.25, 0.3) is 55.3 Å². The van der Waals surface area contributed by atoms with Gasteiger partial charge in [0, 0.05) is 50.8 Å². The Morgan fingerprint density at radius 3 is 1.76 bits per heavy atom. The van der Waals surface area contributed by atoms with Crippen LogP contribution in [0.4, 0.5) is 28.4 Å². The average molecular weight is 806 g/mol. The summed E-state index contributed by atoms with van der Waals surface area (Å²) >= 11 is 0. The highest BCUT2D eigenvalue weighted by atomic mass is 15.2. The van der Waals surface area contributed by atoms with Gasteiger partial charge in [0.05, 0.1) is 17.1 Å². The molecular weight excluding hydrogens is 763 g/mol. The second-order valence-electron chi connectivity index (χ2n) is 16.5. The Morgan fingerprint density at radius 1 is 0.397 bits per heavy atom. The Morgan fingerprint density at radius 2 is 0.984 bits per heavy atom.